The average Bonchev–Trinajstić information content (AvgIpc) is 3.11. The fourth-order valence-corrected chi connectivity index (χ4v) is 8.84. The van der Waals surface area contributed by atoms with Crippen molar-refractivity contribution in [3.8, 4) is 0 Å². The topological polar surface area (TPSA) is 57.7 Å². The second-order valence-electron chi connectivity index (χ2n) is 11.5. The van der Waals surface area contributed by atoms with E-state index in [0.717, 1.165) is 35.4 Å². The minimum Gasteiger partial charge on any atom is -0.307 e. The molecule has 4 saturated carbocycles. The summed E-state index contributed by atoms with van der Waals surface area (Å²) in [5.41, 5.74) is 4.23. The number of sulfonamides is 1. The van der Waals surface area contributed by atoms with Crippen molar-refractivity contribution in [2.75, 3.05) is 22.0 Å². The number of amides is 1. The zero-order valence-corrected chi connectivity index (χ0v) is 20.9. The highest BCUT2D eigenvalue weighted by atomic mass is 32.2. The molecule has 180 valence electrons. The van der Waals surface area contributed by atoms with E-state index in [9.17, 15) is 13.2 Å². The van der Waals surface area contributed by atoms with E-state index in [4.69, 9.17) is 0 Å². The minimum absolute atomic E-state index is 0.0183. The summed E-state index contributed by atoms with van der Waals surface area (Å²) < 4.78 is 26.8. The van der Waals surface area contributed by atoms with E-state index >= 15 is 0 Å². The van der Waals surface area contributed by atoms with Crippen LogP contribution in [-0.2, 0) is 26.7 Å². The summed E-state index contributed by atoms with van der Waals surface area (Å²) in [5, 5.41) is 0. The van der Waals surface area contributed by atoms with Crippen LogP contribution in [0.1, 0.15) is 56.6 Å². The highest BCUT2D eigenvalue weighted by molar-refractivity contribution is 7.92. The third-order valence-corrected chi connectivity index (χ3v) is 10.1. The molecule has 2 aromatic carbocycles. The number of nitrogens with zero attached hydrogens (tertiary/aromatic N) is 2. The maximum absolute atomic E-state index is 13.4. The van der Waals surface area contributed by atoms with E-state index in [0.29, 0.717) is 5.69 Å². The van der Waals surface area contributed by atoms with E-state index in [1.54, 1.807) is 4.90 Å². The van der Waals surface area contributed by atoms with Gasteiger partial charge in [-0.3, -0.25) is 9.10 Å². The number of rotatable bonds is 5. The molecule has 1 aliphatic heterocycles. The van der Waals surface area contributed by atoms with Crippen LogP contribution in [0.2, 0.25) is 0 Å². The molecule has 0 spiro atoms. The SMILES string of the molecule is C[C@H]1Cc2ccccc2N1C(=O)CN(c1ccc(C23CC4CC(CC(C4)C2)C3)cc1)S(C)(=O)=O. The van der Waals surface area contributed by atoms with Gasteiger partial charge in [-0.15, -0.1) is 0 Å². The molecule has 4 aliphatic carbocycles. The molecule has 0 N–H and O–H groups in total. The number of hydrogen-bond acceptors (Lipinski definition) is 3. The van der Waals surface area contributed by atoms with Gasteiger partial charge in [0.25, 0.3) is 0 Å². The van der Waals surface area contributed by atoms with Crippen LogP contribution in [-0.4, -0.2) is 33.2 Å². The molecule has 0 aromatic heterocycles. The Morgan fingerprint density at radius 2 is 1.56 bits per heavy atom. The Morgan fingerprint density at radius 1 is 0.971 bits per heavy atom. The first kappa shape index (κ1) is 22.1. The van der Waals surface area contributed by atoms with Crippen molar-refractivity contribution < 1.29 is 13.2 Å². The fraction of sp³-hybridized carbons (Fsp3) is 0.536. The van der Waals surface area contributed by atoms with Gasteiger partial charge in [-0.2, -0.15) is 0 Å². The van der Waals surface area contributed by atoms with Crippen LogP contribution in [0.25, 0.3) is 0 Å². The van der Waals surface area contributed by atoms with Gasteiger partial charge in [0.1, 0.15) is 6.54 Å². The van der Waals surface area contributed by atoms with Crippen LogP contribution in [0.4, 0.5) is 11.4 Å². The first-order chi connectivity index (χ1) is 16.2. The lowest BCUT2D eigenvalue weighted by Gasteiger charge is -2.57. The summed E-state index contributed by atoms with van der Waals surface area (Å²) in [7, 11) is -3.61. The highest BCUT2D eigenvalue weighted by Gasteiger charge is 2.51. The predicted octanol–water partition coefficient (Wildman–Crippen LogP) is 4.90. The Labute approximate surface area is 203 Å². The molecule has 6 heteroatoms. The molecule has 0 unspecified atom stereocenters. The summed E-state index contributed by atoms with van der Waals surface area (Å²) in [6, 6.07) is 16.0. The first-order valence-corrected chi connectivity index (χ1v) is 14.5. The van der Waals surface area contributed by atoms with Crippen molar-refractivity contribution in [3.63, 3.8) is 0 Å². The van der Waals surface area contributed by atoms with Crippen LogP contribution in [0.3, 0.4) is 0 Å². The van der Waals surface area contributed by atoms with Gasteiger partial charge in [0, 0.05) is 11.7 Å². The van der Waals surface area contributed by atoms with Crippen molar-refractivity contribution in [1.29, 1.82) is 0 Å². The molecular weight excluding hydrogens is 444 g/mol. The summed E-state index contributed by atoms with van der Waals surface area (Å²) in [4.78, 5) is 15.1. The van der Waals surface area contributed by atoms with Gasteiger partial charge < -0.3 is 4.90 Å². The molecule has 0 radical (unpaired) electrons. The van der Waals surface area contributed by atoms with Gasteiger partial charge in [0.05, 0.1) is 11.9 Å². The molecule has 1 heterocycles. The second-order valence-corrected chi connectivity index (χ2v) is 13.4. The van der Waals surface area contributed by atoms with E-state index in [2.05, 4.69) is 12.1 Å². The highest BCUT2D eigenvalue weighted by Crippen LogP contribution is 2.60. The van der Waals surface area contributed by atoms with Crippen LogP contribution in [0.5, 0.6) is 0 Å². The number of carbonyl (C=O) groups excluding carboxylic acids is 1. The molecule has 34 heavy (non-hydrogen) atoms. The number of fused-ring (bicyclic) bond motifs is 1. The predicted molar refractivity (Wildman–Crippen MR) is 136 cm³/mol. The minimum atomic E-state index is -3.61. The van der Waals surface area contributed by atoms with Crippen molar-refractivity contribution in [2.45, 2.75) is 63.3 Å². The summed E-state index contributed by atoms with van der Waals surface area (Å²) >= 11 is 0. The standard InChI is InChI=1S/C28H34N2O3S/c1-19-11-23-5-3-4-6-26(23)30(19)27(31)18-29(34(2,32)33)25-9-7-24(8-10-25)28-15-20-12-21(16-28)14-22(13-20)17-28/h3-10,19-22H,11-18H2,1-2H3/t19-,20?,21?,22?,28?/m0/s1. The van der Waals surface area contributed by atoms with E-state index in [1.807, 2.05) is 43.3 Å². The summed E-state index contributed by atoms with van der Waals surface area (Å²) in [6.07, 6.45) is 10.0. The van der Waals surface area contributed by atoms with Crippen molar-refractivity contribution >= 4 is 27.3 Å². The Bertz CT molecular complexity index is 1190. The number of para-hydroxylation sites is 1. The molecule has 4 fully saturated rings. The molecule has 7 rings (SSSR count). The van der Waals surface area contributed by atoms with Gasteiger partial charge in [-0.05, 0) is 104 Å². The maximum atomic E-state index is 13.4. The maximum Gasteiger partial charge on any atom is 0.248 e. The first-order valence-electron chi connectivity index (χ1n) is 12.7. The number of benzene rings is 2. The van der Waals surface area contributed by atoms with Gasteiger partial charge in [-0.25, -0.2) is 8.42 Å². The van der Waals surface area contributed by atoms with E-state index in [1.165, 1.54) is 54.6 Å². The third-order valence-electron chi connectivity index (χ3n) is 8.96. The molecule has 5 aliphatic rings. The lowest BCUT2D eigenvalue weighted by Crippen LogP contribution is -2.48. The Kier molecular flexibility index (Phi) is 5.11. The van der Waals surface area contributed by atoms with Crippen LogP contribution in [0.15, 0.2) is 48.5 Å². The van der Waals surface area contributed by atoms with Crippen molar-refractivity contribution in [2.24, 2.45) is 17.8 Å². The van der Waals surface area contributed by atoms with E-state index in [-0.39, 0.29) is 23.9 Å². The molecule has 1 amide bonds. The molecule has 4 bridgehead atoms. The molecule has 2 aromatic rings. The molecule has 5 nitrogen and oxygen atoms in total. The Hall–Kier alpha value is -2.34. The van der Waals surface area contributed by atoms with Crippen LogP contribution in [0, 0.1) is 17.8 Å². The fourth-order valence-electron chi connectivity index (χ4n) is 7.99. The third kappa shape index (κ3) is 3.65. The molecule has 1 atom stereocenters. The largest absolute Gasteiger partial charge is 0.307 e. The second kappa shape index (κ2) is 7.84. The summed E-state index contributed by atoms with van der Waals surface area (Å²) in [6.45, 7) is 1.83. The number of carbonyl (C=O) groups is 1. The zero-order valence-electron chi connectivity index (χ0n) is 20.1. The smallest absolute Gasteiger partial charge is 0.248 e. The van der Waals surface area contributed by atoms with Crippen LogP contribution < -0.4 is 9.21 Å². The van der Waals surface area contributed by atoms with Gasteiger partial charge in [0.15, 0.2) is 0 Å². The van der Waals surface area contributed by atoms with Crippen LogP contribution >= 0.6 is 0 Å². The normalized spacial score (nSPS) is 31.5. The van der Waals surface area contributed by atoms with Gasteiger partial charge in [0.2, 0.25) is 15.9 Å². The number of hydrogen-bond donors (Lipinski definition) is 0. The molecular formula is C28H34N2O3S. The zero-order chi connectivity index (χ0) is 23.7. The van der Waals surface area contributed by atoms with Crippen molar-refractivity contribution in [3.05, 3.63) is 59.7 Å². The Balaban J connectivity index is 1.26. The quantitative estimate of drug-likeness (QED) is 0.614. The Morgan fingerprint density at radius 3 is 2.15 bits per heavy atom. The lowest BCUT2D eigenvalue weighted by molar-refractivity contribution is -0.117. The van der Waals surface area contributed by atoms with E-state index < -0.39 is 10.0 Å². The summed E-state index contributed by atoms with van der Waals surface area (Å²) in [5.74, 6) is 2.40. The van der Waals surface area contributed by atoms with Gasteiger partial charge >= 0.3 is 0 Å². The average molecular weight is 479 g/mol. The van der Waals surface area contributed by atoms with Gasteiger partial charge in [-0.1, -0.05) is 30.3 Å². The lowest BCUT2D eigenvalue weighted by atomic mass is 9.48. The number of anilines is 2. The monoisotopic (exact) mass is 478 g/mol. The van der Waals surface area contributed by atoms with Crippen molar-refractivity contribution in [1.82, 2.24) is 0 Å². The molecule has 0 saturated heterocycles.